The van der Waals surface area contributed by atoms with Gasteiger partial charge in [0.1, 0.15) is 5.75 Å². The first-order chi connectivity index (χ1) is 13.4. The third-order valence-corrected chi connectivity index (χ3v) is 4.55. The number of aliphatic imine (C=N–C) groups is 1. The van der Waals surface area contributed by atoms with Crippen LogP contribution in [0.2, 0.25) is 0 Å². The van der Waals surface area contributed by atoms with E-state index in [2.05, 4.69) is 68.8 Å². The van der Waals surface area contributed by atoms with Gasteiger partial charge in [0.15, 0.2) is 5.96 Å². The van der Waals surface area contributed by atoms with Crippen LogP contribution in [0.5, 0.6) is 5.75 Å². The molecular formula is C22H38N4O2. The molecular weight excluding hydrogens is 352 g/mol. The zero-order valence-electron chi connectivity index (χ0n) is 18.2. The first-order valence-electron chi connectivity index (χ1n) is 10.4. The van der Waals surface area contributed by atoms with E-state index in [0.29, 0.717) is 19.1 Å². The molecule has 1 fully saturated rings. The topological polar surface area (TPSA) is 66.9 Å². The SMILES string of the molecule is CCNC(=NCc1ccc(C)cc1OCC1CCOC1)NCCNC(C)(C)C. The Morgan fingerprint density at radius 2 is 2.07 bits per heavy atom. The normalized spacial score (nSPS) is 17.6. The van der Waals surface area contributed by atoms with Crippen LogP contribution in [0.15, 0.2) is 23.2 Å². The summed E-state index contributed by atoms with van der Waals surface area (Å²) in [6.45, 7) is 16.2. The monoisotopic (exact) mass is 390 g/mol. The summed E-state index contributed by atoms with van der Waals surface area (Å²) >= 11 is 0. The maximum Gasteiger partial charge on any atom is 0.191 e. The highest BCUT2D eigenvalue weighted by molar-refractivity contribution is 5.79. The smallest absolute Gasteiger partial charge is 0.191 e. The van der Waals surface area contributed by atoms with Crippen LogP contribution < -0.4 is 20.7 Å². The highest BCUT2D eigenvalue weighted by Gasteiger charge is 2.17. The molecule has 2 rings (SSSR count). The van der Waals surface area contributed by atoms with Crippen LogP contribution in [0.25, 0.3) is 0 Å². The molecule has 1 atom stereocenters. The van der Waals surface area contributed by atoms with Gasteiger partial charge < -0.3 is 25.4 Å². The summed E-state index contributed by atoms with van der Waals surface area (Å²) in [4.78, 5) is 4.75. The molecule has 0 amide bonds. The van der Waals surface area contributed by atoms with Gasteiger partial charge in [0.2, 0.25) is 0 Å². The fourth-order valence-electron chi connectivity index (χ4n) is 2.97. The minimum absolute atomic E-state index is 0.121. The zero-order valence-corrected chi connectivity index (χ0v) is 18.2. The van der Waals surface area contributed by atoms with Gasteiger partial charge in [-0.25, -0.2) is 4.99 Å². The number of nitrogens with zero attached hydrogens (tertiary/aromatic N) is 1. The predicted molar refractivity (Wildman–Crippen MR) is 116 cm³/mol. The third kappa shape index (κ3) is 8.48. The summed E-state index contributed by atoms with van der Waals surface area (Å²) < 4.78 is 11.6. The van der Waals surface area contributed by atoms with Crippen molar-refractivity contribution in [3.63, 3.8) is 0 Å². The van der Waals surface area contributed by atoms with Gasteiger partial charge in [-0.3, -0.25) is 0 Å². The van der Waals surface area contributed by atoms with Gasteiger partial charge in [0.05, 0.1) is 19.8 Å². The third-order valence-electron chi connectivity index (χ3n) is 4.55. The van der Waals surface area contributed by atoms with Gasteiger partial charge >= 0.3 is 0 Å². The molecule has 3 N–H and O–H groups in total. The van der Waals surface area contributed by atoms with Gasteiger partial charge in [-0.2, -0.15) is 0 Å². The quantitative estimate of drug-likeness (QED) is 0.344. The van der Waals surface area contributed by atoms with Crippen LogP contribution in [-0.4, -0.2) is 51.0 Å². The van der Waals surface area contributed by atoms with Gasteiger partial charge in [-0.15, -0.1) is 0 Å². The Kier molecular flexibility index (Phi) is 9.06. The molecule has 1 aliphatic heterocycles. The first-order valence-corrected chi connectivity index (χ1v) is 10.4. The zero-order chi connectivity index (χ0) is 20.4. The Balaban J connectivity index is 1.94. The second-order valence-electron chi connectivity index (χ2n) is 8.45. The lowest BCUT2D eigenvalue weighted by Gasteiger charge is -2.21. The van der Waals surface area contributed by atoms with Crippen LogP contribution >= 0.6 is 0 Å². The Labute approximate surface area is 170 Å². The minimum Gasteiger partial charge on any atom is -0.493 e. The number of hydrogen-bond acceptors (Lipinski definition) is 4. The van der Waals surface area contributed by atoms with Gasteiger partial charge in [-0.05, 0) is 52.7 Å². The molecule has 0 saturated carbocycles. The van der Waals surface area contributed by atoms with Crippen molar-refractivity contribution in [2.45, 2.75) is 53.1 Å². The standard InChI is InChI=1S/C22H38N4O2/c1-6-23-21(24-10-11-26-22(3,4)5)25-14-19-8-7-17(2)13-20(19)28-16-18-9-12-27-15-18/h7-8,13,18,26H,6,9-12,14-16H2,1-5H3,(H2,23,24,25). The van der Waals surface area contributed by atoms with Crippen molar-refractivity contribution in [2.75, 3.05) is 39.5 Å². The summed E-state index contributed by atoms with van der Waals surface area (Å²) in [7, 11) is 0. The van der Waals surface area contributed by atoms with Gasteiger partial charge in [0, 0.05) is 43.3 Å². The second-order valence-corrected chi connectivity index (χ2v) is 8.45. The largest absolute Gasteiger partial charge is 0.493 e. The highest BCUT2D eigenvalue weighted by Crippen LogP contribution is 2.23. The lowest BCUT2D eigenvalue weighted by molar-refractivity contribution is 0.166. The van der Waals surface area contributed by atoms with Crippen molar-refractivity contribution in [1.82, 2.24) is 16.0 Å². The van der Waals surface area contributed by atoms with Crippen LogP contribution in [0, 0.1) is 12.8 Å². The lowest BCUT2D eigenvalue weighted by Crippen LogP contribution is -2.44. The van der Waals surface area contributed by atoms with Crippen molar-refractivity contribution >= 4 is 5.96 Å². The van der Waals surface area contributed by atoms with E-state index in [1.54, 1.807) is 0 Å². The number of benzene rings is 1. The summed E-state index contributed by atoms with van der Waals surface area (Å²) in [5.41, 5.74) is 2.42. The average molecular weight is 391 g/mol. The summed E-state index contributed by atoms with van der Waals surface area (Å²) in [5.74, 6) is 2.25. The van der Waals surface area contributed by atoms with E-state index in [4.69, 9.17) is 14.5 Å². The van der Waals surface area contributed by atoms with Crippen molar-refractivity contribution in [2.24, 2.45) is 10.9 Å². The maximum absolute atomic E-state index is 6.13. The lowest BCUT2D eigenvalue weighted by atomic mass is 10.1. The van der Waals surface area contributed by atoms with E-state index in [1.807, 2.05) is 0 Å². The number of nitrogens with one attached hydrogen (secondary N) is 3. The van der Waals surface area contributed by atoms with Crippen molar-refractivity contribution in [3.05, 3.63) is 29.3 Å². The number of guanidine groups is 1. The van der Waals surface area contributed by atoms with E-state index in [-0.39, 0.29) is 5.54 Å². The molecule has 1 aromatic carbocycles. The molecule has 1 saturated heterocycles. The van der Waals surface area contributed by atoms with Crippen molar-refractivity contribution in [3.8, 4) is 5.75 Å². The average Bonchev–Trinajstić information content (AvgIpc) is 3.15. The Bertz CT molecular complexity index is 619. The Morgan fingerprint density at radius 3 is 2.75 bits per heavy atom. The van der Waals surface area contributed by atoms with Crippen LogP contribution in [-0.2, 0) is 11.3 Å². The molecule has 28 heavy (non-hydrogen) atoms. The summed E-state index contributed by atoms with van der Waals surface area (Å²) in [6.07, 6.45) is 1.08. The molecule has 0 radical (unpaired) electrons. The summed E-state index contributed by atoms with van der Waals surface area (Å²) in [6, 6.07) is 6.34. The predicted octanol–water partition coefficient (Wildman–Crippen LogP) is 2.85. The number of hydrogen-bond donors (Lipinski definition) is 3. The molecule has 1 aliphatic rings. The van der Waals surface area contributed by atoms with Crippen molar-refractivity contribution in [1.29, 1.82) is 0 Å². The van der Waals surface area contributed by atoms with Crippen LogP contribution in [0.3, 0.4) is 0 Å². The summed E-state index contributed by atoms with van der Waals surface area (Å²) in [5, 5.41) is 10.2. The molecule has 0 aliphatic carbocycles. The molecule has 6 nitrogen and oxygen atoms in total. The van der Waals surface area contributed by atoms with E-state index < -0.39 is 0 Å². The molecule has 1 unspecified atom stereocenters. The van der Waals surface area contributed by atoms with Crippen LogP contribution in [0.1, 0.15) is 45.2 Å². The Hall–Kier alpha value is -1.79. The number of rotatable bonds is 9. The highest BCUT2D eigenvalue weighted by atomic mass is 16.5. The van der Waals surface area contributed by atoms with E-state index >= 15 is 0 Å². The minimum atomic E-state index is 0.121. The van der Waals surface area contributed by atoms with Crippen molar-refractivity contribution < 1.29 is 9.47 Å². The second kappa shape index (κ2) is 11.3. The first kappa shape index (κ1) is 22.5. The molecule has 1 heterocycles. The number of aryl methyl sites for hydroxylation is 1. The van der Waals surface area contributed by atoms with Gasteiger partial charge in [0.25, 0.3) is 0 Å². The Morgan fingerprint density at radius 1 is 1.25 bits per heavy atom. The van der Waals surface area contributed by atoms with Crippen LogP contribution in [0.4, 0.5) is 0 Å². The fraction of sp³-hybridized carbons (Fsp3) is 0.682. The molecule has 0 aromatic heterocycles. The molecule has 0 bridgehead atoms. The fourth-order valence-corrected chi connectivity index (χ4v) is 2.97. The van der Waals surface area contributed by atoms with E-state index in [9.17, 15) is 0 Å². The molecule has 0 spiro atoms. The maximum atomic E-state index is 6.13. The molecule has 158 valence electrons. The number of ether oxygens (including phenoxy) is 2. The molecule has 6 heteroatoms. The van der Waals surface area contributed by atoms with E-state index in [0.717, 1.165) is 56.5 Å². The van der Waals surface area contributed by atoms with Gasteiger partial charge in [-0.1, -0.05) is 12.1 Å². The molecule has 1 aromatic rings. The van der Waals surface area contributed by atoms with E-state index in [1.165, 1.54) is 5.56 Å².